The van der Waals surface area contributed by atoms with Gasteiger partial charge in [-0.15, -0.1) is 0 Å². The maximum atomic E-state index is 13.7. The molecule has 0 aliphatic carbocycles. The van der Waals surface area contributed by atoms with Gasteiger partial charge in [0.25, 0.3) is 0 Å². The van der Waals surface area contributed by atoms with Crippen molar-refractivity contribution in [3.05, 3.63) is 30.1 Å². The number of hydrogen-bond donors (Lipinski definition) is 1. The summed E-state index contributed by atoms with van der Waals surface area (Å²) in [6.07, 6.45) is 0.987. The monoisotopic (exact) mass is 238 g/mol. The number of hydrogen-bond acceptors (Lipinski definition) is 3. The lowest BCUT2D eigenvalue weighted by atomic mass is 10.2. The Morgan fingerprint density at radius 3 is 2.82 bits per heavy atom. The minimum absolute atomic E-state index is 0.0807. The van der Waals surface area contributed by atoms with E-state index >= 15 is 0 Å². The van der Waals surface area contributed by atoms with Crippen LogP contribution < -0.4 is 4.90 Å². The zero-order valence-corrected chi connectivity index (χ0v) is 10.1. The molecule has 1 fully saturated rings. The third-order valence-corrected chi connectivity index (χ3v) is 3.40. The van der Waals surface area contributed by atoms with Crippen LogP contribution in [-0.4, -0.2) is 49.3 Å². The van der Waals surface area contributed by atoms with E-state index in [1.54, 1.807) is 12.1 Å². The number of aliphatic hydroxyl groups is 1. The molecule has 1 atom stereocenters. The fraction of sp³-hybridized carbons (Fsp3) is 0.538. The van der Waals surface area contributed by atoms with Crippen molar-refractivity contribution < 1.29 is 9.50 Å². The van der Waals surface area contributed by atoms with Crippen LogP contribution in [0.3, 0.4) is 0 Å². The third-order valence-electron chi connectivity index (χ3n) is 3.40. The highest BCUT2D eigenvalue weighted by molar-refractivity contribution is 5.47. The maximum Gasteiger partial charge on any atom is 0.146 e. The lowest BCUT2D eigenvalue weighted by molar-refractivity contribution is 0.159. The maximum absolute atomic E-state index is 13.7. The van der Waals surface area contributed by atoms with Gasteiger partial charge >= 0.3 is 0 Å². The second-order valence-corrected chi connectivity index (χ2v) is 4.57. The number of para-hydroxylation sites is 1. The van der Waals surface area contributed by atoms with E-state index in [-0.39, 0.29) is 18.5 Å². The second kappa shape index (κ2) is 5.47. The molecule has 0 spiro atoms. The molecule has 3 nitrogen and oxygen atoms in total. The first-order chi connectivity index (χ1) is 8.22. The van der Waals surface area contributed by atoms with Crippen LogP contribution in [-0.2, 0) is 0 Å². The summed E-state index contributed by atoms with van der Waals surface area (Å²) in [4.78, 5) is 4.17. The number of nitrogens with zero attached hydrogens (tertiary/aromatic N) is 2. The Morgan fingerprint density at radius 2 is 2.12 bits per heavy atom. The third kappa shape index (κ3) is 2.76. The predicted molar refractivity (Wildman–Crippen MR) is 66.7 cm³/mol. The molecule has 0 bridgehead atoms. The molecule has 1 unspecified atom stereocenters. The highest BCUT2D eigenvalue weighted by Gasteiger charge is 2.22. The summed E-state index contributed by atoms with van der Waals surface area (Å²) in [5.41, 5.74) is 0.640. The van der Waals surface area contributed by atoms with Crippen LogP contribution in [0.25, 0.3) is 0 Å². The van der Waals surface area contributed by atoms with Gasteiger partial charge in [-0.2, -0.15) is 0 Å². The van der Waals surface area contributed by atoms with Gasteiger partial charge in [0.05, 0.1) is 12.3 Å². The fourth-order valence-corrected chi connectivity index (χ4v) is 2.30. The summed E-state index contributed by atoms with van der Waals surface area (Å²) in [7, 11) is 2.01. The Kier molecular flexibility index (Phi) is 3.97. The first-order valence-corrected chi connectivity index (χ1v) is 6.03. The molecule has 1 aliphatic heterocycles. The number of aliphatic hydroxyl groups excluding tert-OH is 1. The number of likely N-dealkylation sites (N-methyl/N-ethyl adjacent to an activating group) is 1. The standard InChI is InChI=1S/C13H19FN2O/c1-15-7-4-8-16(9-11(15)10-17)13-6-3-2-5-12(13)14/h2-3,5-6,11,17H,4,7-10H2,1H3. The van der Waals surface area contributed by atoms with Gasteiger partial charge in [-0.25, -0.2) is 4.39 Å². The van der Waals surface area contributed by atoms with Crippen LogP contribution >= 0.6 is 0 Å². The van der Waals surface area contributed by atoms with Gasteiger partial charge in [-0.05, 0) is 32.1 Å². The van der Waals surface area contributed by atoms with Crippen LogP contribution in [0.1, 0.15) is 6.42 Å². The van der Waals surface area contributed by atoms with E-state index in [9.17, 15) is 9.50 Å². The molecule has 17 heavy (non-hydrogen) atoms. The molecule has 4 heteroatoms. The fourth-order valence-electron chi connectivity index (χ4n) is 2.30. The molecule has 0 radical (unpaired) electrons. The van der Waals surface area contributed by atoms with E-state index in [1.807, 2.05) is 18.0 Å². The van der Waals surface area contributed by atoms with Crippen LogP contribution in [0, 0.1) is 5.82 Å². The number of benzene rings is 1. The molecule has 2 rings (SSSR count). The van der Waals surface area contributed by atoms with Crippen molar-refractivity contribution in [3.8, 4) is 0 Å². The predicted octanol–water partition coefficient (Wildman–Crippen LogP) is 1.33. The molecular weight excluding hydrogens is 219 g/mol. The first kappa shape index (κ1) is 12.3. The minimum atomic E-state index is -0.186. The van der Waals surface area contributed by atoms with Crippen molar-refractivity contribution in [2.45, 2.75) is 12.5 Å². The van der Waals surface area contributed by atoms with Crippen molar-refractivity contribution in [1.29, 1.82) is 0 Å². The van der Waals surface area contributed by atoms with Gasteiger partial charge in [0.15, 0.2) is 0 Å². The summed E-state index contributed by atoms with van der Waals surface area (Å²) in [6, 6.07) is 6.91. The van der Waals surface area contributed by atoms with E-state index in [2.05, 4.69) is 4.90 Å². The van der Waals surface area contributed by atoms with Crippen molar-refractivity contribution in [2.24, 2.45) is 0 Å². The highest BCUT2D eigenvalue weighted by atomic mass is 19.1. The van der Waals surface area contributed by atoms with Crippen molar-refractivity contribution in [1.82, 2.24) is 4.90 Å². The van der Waals surface area contributed by atoms with Gasteiger partial charge in [0.1, 0.15) is 5.82 Å². The smallest absolute Gasteiger partial charge is 0.146 e. The van der Waals surface area contributed by atoms with Gasteiger partial charge < -0.3 is 10.0 Å². The van der Waals surface area contributed by atoms with Crippen molar-refractivity contribution >= 4 is 5.69 Å². The average molecular weight is 238 g/mol. The van der Waals surface area contributed by atoms with E-state index < -0.39 is 0 Å². The Hall–Kier alpha value is -1.13. The first-order valence-electron chi connectivity index (χ1n) is 6.03. The normalized spacial score (nSPS) is 22.5. The van der Waals surface area contributed by atoms with Gasteiger partial charge in [-0.3, -0.25) is 4.90 Å². The molecule has 94 valence electrons. The minimum Gasteiger partial charge on any atom is -0.395 e. The zero-order valence-electron chi connectivity index (χ0n) is 10.1. The number of rotatable bonds is 2. The lowest BCUT2D eigenvalue weighted by Crippen LogP contribution is -2.41. The van der Waals surface area contributed by atoms with Gasteiger partial charge in [0.2, 0.25) is 0 Å². The molecule has 1 aromatic carbocycles. The Balaban J connectivity index is 2.18. The van der Waals surface area contributed by atoms with Crippen LogP contribution in [0.15, 0.2) is 24.3 Å². The molecule has 0 aromatic heterocycles. The summed E-state index contributed by atoms with van der Waals surface area (Å²) in [5.74, 6) is -0.186. The molecule has 1 aliphatic rings. The van der Waals surface area contributed by atoms with Crippen molar-refractivity contribution in [3.63, 3.8) is 0 Å². The van der Waals surface area contributed by atoms with Crippen molar-refractivity contribution in [2.75, 3.05) is 38.2 Å². The molecule has 1 saturated heterocycles. The summed E-state index contributed by atoms with van der Waals surface area (Å²) in [6.45, 7) is 2.56. The SMILES string of the molecule is CN1CCCN(c2ccccc2F)CC1CO. The summed E-state index contributed by atoms with van der Waals surface area (Å²) in [5, 5.41) is 9.36. The van der Waals surface area contributed by atoms with E-state index in [0.29, 0.717) is 12.2 Å². The van der Waals surface area contributed by atoms with E-state index in [1.165, 1.54) is 6.07 Å². The van der Waals surface area contributed by atoms with E-state index in [4.69, 9.17) is 0 Å². The van der Waals surface area contributed by atoms with Gasteiger partial charge in [-0.1, -0.05) is 12.1 Å². The molecule has 1 aromatic rings. The summed E-state index contributed by atoms with van der Waals surface area (Å²) >= 11 is 0. The number of anilines is 1. The Labute approximate surface area is 101 Å². The van der Waals surface area contributed by atoms with Gasteiger partial charge in [0, 0.05) is 19.1 Å². The van der Waals surface area contributed by atoms with Crippen LogP contribution in [0.5, 0.6) is 0 Å². The molecule has 1 N–H and O–H groups in total. The average Bonchev–Trinajstić information content (AvgIpc) is 2.51. The molecule has 0 saturated carbocycles. The summed E-state index contributed by atoms with van der Waals surface area (Å²) < 4.78 is 13.7. The second-order valence-electron chi connectivity index (χ2n) is 4.57. The number of halogens is 1. The highest BCUT2D eigenvalue weighted by Crippen LogP contribution is 2.21. The van der Waals surface area contributed by atoms with E-state index in [0.717, 1.165) is 19.5 Å². The largest absolute Gasteiger partial charge is 0.395 e. The lowest BCUT2D eigenvalue weighted by Gasteiger charge is -2.28. The Bertz CT molecular complexity index is 372. The van der Waals surface area contributed by atoms with Crippen LogP contribution in [0.4, 0.5) is 10.1 Å². The Morgan fingerprint density at radius 1 is 1.35 bits per heavy atom. The molecule has 1 heterocycles. The molecule has 0 amide bonds. The topological polar surface area (TPSA) is 26.7 Å². The zero-order chi connectivity index (χ0) is 12.3. The molecular formula is C13H19FN2O. The quantitative estimate of drug-likeness (QED) is 0.842. The van der Waals surface area contributed by atoms with Crippen LogP contribution in [0.2, 0.25) is 0 Å².